The molecular formula is C21H25BrN3O2+. The lowest BCUT2D eigenvalue weighted by Gasteiger charge is -2.38. The van der Waals surface area contributed by atoms with Crippen LogP contribution in [0.25, 0.3) is 0 Å². The Morgan fingerprint density at radius 2 is 1.85 bits per heavy atom. The number of amides is 1. The SMILES string of the molecule is O=C1c2ccccc2N[C@H](c2ccccc2Br)N1CCC[NH+]1CCOCC1. The number of ether oxygens (including phenoxy) is 1. The van der Waals surface area contributed by atoms with Gasteiger partial charge in [0.1, 0.15) is 19.3 Å². The Morgan fingerprint density at radius 3 is 2.67 bits per heavy atom. The standard InChI is InChI=1S/C21H24BrN3O2/c22-18-8-3-1-6-16(18)20-23-19-9-4-2-7-17(19)21(26)25(20)11-5-10-24-12-14-27-15-13-24/h1-4,6-9,20,23H,5,10-15H2/p+1/t20-/m0/s1. The molecule has 0 spiro atoms. The molecule has 0 unspecified atom stereocenters. The summed E-state index contributed by atoms with van der Waals surface area (Å²) in [5.41, 5.74) is 2.73. The minimum atomic E-state index is -0.164. The monoisotopic (exact) mass is 430 g/mol. The number of nitrogens with zero attached hydrogens (tertiary/aromatic N) is 1. The fourth-order valence-corrected chi connectivity index (χ4v) is 4.38. The van der Waals surface area contributed by atoms with Crippen molar-refractivity contribution in [1.29, 1.82) is 0 Å². The number of hydrogen-bond donors (Lipinski definition) is 2. The Labute approximate surface area is 168 Å². The topological polar surface area (TPSA) is 46.0 Å². The van der Waals surface area contributed by atoms with E-state index in [0.29, 0.717) is 0 Å². The Balaban J connectivity index is 1.55. The number of carbonyl (C=O) groups excluding carboxylic acids is 1. The van der Waals surface area contributed by atoms with Crippen LogP contribution in [0, 0.1) is 0 Å². The van der Waals surface area contributed by atoms with Crippen molar-refractivity contribution < 1.29 is 14.4 Å². The summed E-state index contributed by atoms with van der Waals surface area (Å²) in [5.74, 6) is 0.0991. The average molecular weight is 431 g/mol. The lowest BCUT2D eigenvalue weighted by atomic mass is 10.0. The Morgan fingerprint density at radius 1 is 1.11 bits per heavy atom. The molecule has 0 aliphatic carbocycles. The van der Waals surface area contributed by atoms with Crippen molar-refractivity contribution in [3.63, 3.8) is 0 Å². The van der Waals surface area contributed by atoms with Gasteiger partial charge in [-0.3, -0.25) is 4.79 Å². The van der Waals surface area contributed by atoms with Crippen molar-refractivity contribution in [2.24, 2.45) is 0 Å². The molecule has 2 aromatic rings. The van der Waals surface area contributed by atoms with Gasteiger partial charge < -0.3 is 19.9 Å². The molecule has 2 aromatic carbocycles. The first-order valence-corrected chi connectivity index (χ1v) is 10.4. The minimum absolute atomic E-state index is 0.0991. The molecule has 2 N–H and O–H groups in total. The molecule has 5 nitrogen and oxygen atoms in total. The molecule has 4 rings (SSSR count). The highest BCUT2D eigenvalue weighted by atomic mass is 79.9. The molecule has 0 radical (unpaired) electrons. The Kier molecular flexibility index (Phi) is 5.76. The number of morpholine rings is 1. The molecule has 1 atom stereocenters. The normalized spacial score (nSPS) is 20.3. The van der Waals surface area contributed by atoms with Crippen LogP contribution >= 0.6 is 15.9 Å². The van der Waals surface area contributed by atoms with E-state index in [9.17, 15) is 4.79 Å². The maximum atomic E-state index is 13.2. The van der Waals surface area contributed by atoms with Crippen LogP contribution in [0.4, 0.5) is 5.69 Å². The van der Waals surface area contributed by atoms with Crippen molar-refractivity contribution in [2.45, 2.75) is 12.6 Å². The van der Waals surface area contributed by atoms with Gasteiger partial charge in [0.15, 0.2) is 0 Å². The summed E-state index contributed by atoms with van der Waals surface area (Å²) in [6, 6.07) is 15.9. The van der Waals surface area contributed by atoms with Gasteiger partial charge in [0, 0.05) is 28.7 Å². The third kappa shape index (κ3) is 4.03. The zero-order valence-corrected chi connectivity index (χ0v) is 16.9. The van der Waals surface area contributed by atoms with Crippen LogP contribution in [0.3, 0.4) is 0 Å². The van der Waals surface area contributed by atoms with Gasteiger partial charge in [-0.25, -0.2) is 0 Å². The fourth-order valence-electron chi connectivity index (χ4n) is 3.88. The molecule has 1 amide bonds. The van der Waals surface area contributed by atoms with Crippen LogP contribution in [-0.2, 0) is 4.74 Å². The molecular weight excluding hydrogens is 406 g/mol. The number of halogens is 1. The van der Waals surface area contributed by atoms with Gasteiger partial charge in [0.05, 0.1) is 25.3 Å². The second-order valence-electron chi connectivity index (χ2n) is 7.08. The second-order valence-corrected chi connectivity index (χ2v) is 7.93. The highest BCUT2D eigenvalue weighted by Crippen LogP contribution is 2.35. The molecule has 27 heavy (non-hydrogen) atoms. The maximum Gasteiger partial charge on any atom is 0.257 e. The predicted molar refractivity (Wildman–Crippen MR) is 109 cm³/mol. The van der Waals surface area contributed by atoms with Crippen LogP contribution in [0.1, 0.15) is 28.5 Å². The van der Waals surface area contributed by atoms with Crippen LogP contribution in [-0.4, -0.2) is 50.2 Å². The van der Waals surface area contributed by atoms with Crippen LogP contribution < -0.4 is 10.2 Å². The summed E-state index contributed by atoms with van der Waals surface area (Å²) in [4.78, 5) is 16.8. The average Bonchev–Trinajstić information content (AvgIpc) is 2.71. The number of nitrogens with one attached hydrogen (secondary N) is 2. The molecule has 0 aromatic heterocycles. The molecule has 2 aliphatic heterocycles. The van der Waals surface area contributed by atoms with E-state index in [4.69, 9.17) is 4.74 Å². The van der Waals surface area contributed by atoms with Crippen LogP contribution in [0.2, 0.25) is 0 Å². The highest BCUT2D eigenvalue weighted by molar-refractivity contribution is 9.10. The zero-order chi connectivity index (χ0) is 18.6. The molecule has 0 bridgehead atoms. The first kappa shape index (κ1) is 18.5. The first-order valence-electron chi connectivity index (χ1n) is 9.56. The maximum absolute atomic E-state index is 13.2. The second kappa shape index (κ2) is 8.42. The third-order valence-electron chi connectivity index (χ3n) is 5.35. The zero-order valence-electron chi connectivity index (χ0n) is 15.3. The van der Waals surface area contributed by atoms with E-state index in [-0.39, 0.29) is 12.1 Å². The van der Waals surface area contributed by atoms with Gasteiger partial charge in [-0.05, 0) is 18.2 Å². The molecule has 1 saturated heterocycles. The predicted octanol–water partition coefficient (Wildman–Crippen LogP) is 2.32. The van der Waals surface area contributed by atoms with Gasteiger partial charge in [-0.1, -0.05) is 46.3 Å². The lowest BCUT2D eigenvalue weighted by Crippen LogP contribution is -3.14. The van der Waals surface area contributed by atoms with Crippen molar-refractivity contribution >= 4 is 27.5 Å². The number of anilines is 1. The highest BCUT2D eigenvalue weighted by Gasteiger charge is 2.33. The summed E-state index contributed by atoms with van der Waals surface area (Å²) in [7, 11) is 0. The fraction of sp³-hybridized carbons (Fsp3) is 0.381. The van der Waals surface area contributed by atoms with Gasteiger partial charge >= 0.3 is 0 Å². The third-order valence-corrected chi connectivity index (χ3v) is 6.07. The van der Waals surface area contributed by atoms with Gasteiger partial charge in [-0.15, -0.1) is 0 Å². The quantitative estimate of drug-likeness (QED) is 0.764. The lowest BCUT2D eigenvalue weighted by molar-refractivity contribution is -0.908. The summed E-state index contributed by atoms with van der Waals surface area (Å²) in [6.45, 7) is 5.60. The Hall–Kier alpha value is -1.89. The molecule has 1 fully saturated rings. The first-order chi connectivity index (χ1) is 13.2. The van der Waals surface area contributed by atoms with Crippen LogP contribution in [0.15, 0.2) is 53.0 Å². The van der Waals surface area contributed by atoms with E-state index in [0.717, 1.165) is 67.1 Å². The summed E-state index contributed by atoms with van der Waals surface area (Å²) >= 11 is 3.65. The van der Waals surface area contributed by atoms with Crippen molar-refractivity contribution in [3.8, 4) is 0 Å². The molecule has 142 valence electrons. The van der Waals surface area contributed by atoms with E-state index < -0.39 is 0 Å². The largest absolute Gasteiger partial charge is 0.370 e. The van der Waals surface area contributed by atoms with E-state index >= 15 is 0 Å². The number of hydrogen-bond acceptors (Lipinski definition) is 3. The van der Waals surface area contributed by atoms with E-state index in [2.05, 4.69) is 27.3 Å². The molecule has 0 saturated carbocycles. The minimum Gasteiger partial charge on any atom is -0.370 e. The Bertz CT molecular complexity index is 808. The number of rotatable bonds is 5. The summed E-state index contributed by atoms with van der Waals surface area (Å²) in [6.07, 6.45) is 0.814. The van der Waals surface area contributed by atoms with Crippen LogP contribution in [0.5, 0.6) is 0 Å². The number of carbonyl (C=O) groups is 1. The van der Waals surface area contributed by atoms with Crippen molar-refractivity contribution in [3.05, 3.63) is 64.1 Å². The van der Waals surface area contributed by atoms with E-state index in [1.807, 2.05) is 47.4 Å². The number of para-hydroxylation sites is 1. The van der Waals surface area contributed by atoms with Gasteiger partial charge in [0.2, 0.25) is 0 Å². The number of quaternary nitrogens is 1. The number of fused-ring (bicyclic) bond motifs is 1. The molecule has 2 aliphatic rings. The number of benzene rings is 2. The van der Waals surface area contributed by atoms with Gasteiger partial charge in [0.25, 0.3) is 5.91 Å². The van der Waals surface area contributed by atoms with Gasteiger partial charge in [-0.2, -0.15) is 0 Å². The van der Waals surface area contributed by atoms with Crippen molar-refractivity contribution in [2.75, 3.05) is 44.7 Å². The molecule has 6 heteroatoms. The van der Waals surface area contributed by atoms with Crippen molar-refractivity contribution in [1.82, 2.24) is 4.90 Å². The smallest absolute Gasteiger partial charge is 0.257 e. The summed E-state index contributed by atoms with van der Waals surface area (Å²) in [5, 5.41) is 3.57. The van der Waals surface area contributed by atoms with E-state index in [1.54, 1.807) is 4.90 Å². The van der Waals surface area contributed by atoms with E-state index in [1.165, 1.54) is 0 Å². The summed E-state index contributed by atoms with van der Waals surface area (Å²) < 4.78 is 6.45. The molecule has 2 heterocycles.